The molecule has 20 heteroatoms. The van der Waals surface area contributed by atoms with E-state index in [4.69, 9.17) is 28.7 Å². The molecule has 0 radical (unpaired) electrons. The van der Waals surface area contributed by atoms with Crippen molar-refractivity contribution in [2.75, 3.05) is 39.5 Å². The van der Waals surface area contributed by atoms with Crippen LogP contribution in [0, 0.1) is 11.8 Å². The van der Waals surface area contributed by atoms with E-state index in [0.717, 1.165) is 5.56 Å². The number of rotatable bonds is 16. The Labute approximate surface area is 291 Å². The summed E-state index contributed by atoms with van der Waals surface area (Å²) in [5, 5.41) is 4.61. The predicted octanol–water partition coefficient (Wildman–Crippen LogP) is 1.33. The number of carbonyl (C=O) groups is 3. The highest BCUT2D eigenvalue weighted by atomic mass is 31.2. The molecule has 0 saturated carbocycles. The second kappa shape index (κ2) is 20.1. The Morgan fingerprint density at radius 3 is 2.26 bits per heavy atom. The first-order valence-corrected chi connectivity index (χ1v) is 19.6. The molecule has 5 N–H and O–H groups in total. The zero-order valence-corrected chi connectivity index (χ0v) is 29.8. The number of benzene rings is 1. The summed E-state index contributed by atoms with van der Waals surface area (Å²) >= 11 is 0. The maximum atomic E-state index is 13.8. The Kier molecular flexibility index (Phi) is 16.6. The summed E-state index contributed by atoms with van der Waals surface area (Å²) in [5.41, 5.74) is -1.72. The minimum Gasteiger partial charge on any atom is -0.777 e. The average Bonchev–Trinajstić information content (AvgIpc) is 3.05. The zero-order chi connectivity index (χ0) is 36.7. The van der Waals surface area contributed by atoms with Crippen molar-refractivity contribution in [3.63, 3.8) is 0 Å². The number of ketones is 1. The highest BCUT2D eigenvalue weighted by molar-refractivity contribution is 7.70. The van der Waals surface area contributed by atoms with Gasteiger partial charge in [0.25, 0.3) is 0 Å². The van der Waals surface area contributed by atoms with Crippen molar-refractivity contribution in [2.45, 2.75) is 57.4 Å². The smallest absolute Gasteiger partial charge is 0.480 e. The predicted molar refractivity (Wildman–Crippen MR) is 179 cm³/mol. The van der Waals surface area contributed by atoms with Gasteiger partial charge in [-0.05, 0) is 37.2 Å². The molecule has 1 aliphatic heterocycles. The Morgan fingerprint density at radius 1 is 1.04 bits per heavy atom. The van der Waals surface area contributed by atoms with Crippen LogP contribution in [0.2, 0.25) is 0 Å². The van der Waals surface area contributed by atoms with Crippen molar-refractivity contribution in [1.29, 1.82) is 0 Å². The minimum absolute atomic E-state index is 0.0630. The Bertz CT molecular complexity index is 1430. The van der Waals surface area contributed by atoms with E-state index in [0.29, 0.717) is 38.8 Å². The molecule has 4 atom stereocenters. The van der Waals surface area contributed by atoms with Crippen LogP contribution in [0.5, 0.6) is 0 Å². The summed E-state index contributed by atoms with van der Waals surface area (Å²) in [5.74, 6) is -1.61. The van der Waals surface area contributed by atoms with Crippen molar-refractivity contribution >= 4 is 40.1 Å². The first kappa shape index (κ1) is 41.4. The van der Waals surface area contributed by atoms with Crippen molar-refractivity contribution in [3.8, 4) is 0 Å². The third-order valence-corrected chi connectivity index (χ3v) is 11.0. The van der Waals surface area contributed by atoms with Crippen LogP contribution in [0.1, 0.15) is 55.6 Å². The highest BCUT2D eigenvalue weighted by Gasteiger charge is 2.39. The summed E-state index contributed by atoms with van der Waals surface area (Å²) < 4.78 is 39.8. The summed E-state index contributed by atoms with van der Waals surface area (Å²) in [6, 6.07) is 9.44. The number of hydrogen-bond donors (Lipinski definition) is 5. The van der Waals surface area contributed by atoms with Gasteiger partial charge < -0.3 is 43.5 Å². The van der Waals surface area contributed by atoms with Gasteiger partial charge in [-0.1, -0.05) is 44.2 Å². The Morgan fingerprint density at radius 2 is 1.70 bits per heavy atom. The van der Waals surface area contributed by atoms with Gasteiger partial charge in [0.2, 0.25) is 5.91 Å². The topological polar surface area (TPSA) is 250 Å². The number of aromatic nitrogens is 2. The van der Waals surface area contributed by atoms with Gasteiger partial charge in [-0.3, -0.25) is 29.4 Å². The number of ether oxygens (including phenoxy) is 1. The summed E-state index contributed by atoms with van der Waals surface area (Å²) in [6.45, 7) is 5.62. The van der Waals surface area contributed by atoms with Gasteiger partial charge in [0, 0.05) is 57.6 Å². The molecule has 2 amide bonds. The molecule has 1 saturated heterocycles. The molecule has 2 unspecified atom stereocenters. The molecule has 50 heavy (non-hydrogen) atoms. The van der Waals surface area contributed by atoms with E-state index in [-0.39, 0.29) is 56.1 Å². The van der Waals surface area contributed by atoms with Crippen LogP contribution in [0.25, 0.3) is 0 Å². The van der Waals surface area contributed by atoms with Crippen LogP contribution >= 0.6 is 15.2 Å². The molecular formula is C30H45BN5O12P2-. The third-order valence-electron chi connectivity index (χ3n) is 7.67. The van der Waals surface area contributed by atoms with Crippen LogP contribution < -0.4 is 15.5 Å². The van der Waals surface area contributed by atoms with E-state index in [1.165, 1.54) is 23.9 Å². The third kappa shape index (κ3) is 14.7. The fourth-order valence-electron chi connectivity index (χ4n) is 5.34. The molecule has 0 aliphatic carbocycles. The van der Waals surface area contributed by atoms with E-state index in [1.807, 2.05) is 49.1 Å². The van der Waals surface area contributed by atoms with Gasteiger partial charge >= 0.3 is 20.8 Å². The number of alkyl carbamates (subject to hydrolysis) is 1. The fourth-order valence-corrected chi connectivity index (χ4v) is 7.40. The van der Waals surface area contributed by atoms with E-state index in [2.05, 4.69) is 15.3 Å². The molecule has 1 aromatic heterocycles. The Balaban J connectivity index is 1.58. The fraction of sp³-hybridized carbons (Fsp3) is 0.567. The van der Waals surface area contributed by atoms with Gasteiger partial charge in [0.05, 0.1) is 12.1 Å². The molecule has 1 fully saturated rings. The average molecular weight is 740 g/mol. The van der Waals surface area contributed by atoms with Crippen LogP contribution in [-0.2, 0) is 34.4 Å². The first-order valence-electron chi connectivity index (χ1n) is 16.2. The molecule has 2 heterocycles. The first-order chi connectivity index (χ1) is 23.6. The lowest BCUT2D eigenvalue weighted by Gasteiger charge is -2.30. The lowest BCUT2D eigenvalue weighted by Crippen LogP contribution is -2.52. The Hall–Kier alpha value is -3.05. The molecule has 2 aromatic rings. The molecular weight excluding hydrogens is 695 g/mol. The second-order valence-electron chi connectivity index (χ2n) is 12.3. The zero-order valence-electron chi connectivity index (χ0n) is 28.0. The van der Waals surface area contributed by atoms with E-state index < -0.39 is 45.8 Å². The van der Waals surface area contributed by atoms with Crippen LogP contribution in [0.15, 0.2) is 48.9 Å². The van der Waals surface area contributed by atoms with Crippen molar-refractivity contribution in [1.82, 2.24) is 25.5 Å². The molecule has 3 rings (SSSR count). The normalized spacial score (nSPS) is 17.9. The van der Waals surface area contributed by atoms with Crippen molar-refractivity contribution in [2.24, 2.45) is 11.8 Å². The number of nitrogens with zero attached hydrogens (tertiary/aromatic N) is 3. The largest absolute Gasteiger partial charge is 0.777 e. The maximum Gasteiger partial charge on any atom is 0.480 e. The van der Waals surface area contributed by atoms with Crippen molar-refractivity contribution in [3.05, 3.63) is 60.2 Å². The molecule has 17 nitrogen and oxygen atoms in total. The van der Waals surface area contributed by atoms with E-state index in [1.54, 1.807) is 0 Å². The quantitative estimate of drug-likeness (QED) is 0.0925. The lowest BCUT2D eigenvalue weighted by atomic mass is 9.73. The standard InChI is InChI=1S/C30H46BN5O12P2/c1-22(2)18-27(34-28(38)24(19-23-8-4-3-5-9-23)20-26(37)25-21-32-10-11-33-25)31-47-15-6-12-36(13-7-16-48-31)14-17-46-29(39)35-30(49(40,41)42)50(43,44)45/h3-5,8-11,21-22,24,27,30H,6-7,12-20H2,1-2H3,(H,34,38)(H,35,39)(H2,40,41,42)(H2,43,44,45)/p-1/t24-,27+/m0/s1. The van der Waals surface area contributed by atoms with Crippen molar-refractivity contribution < 1.29 is 57.1 Å². The van der Waals surface area contributed by atoms with Gasteiger partial charge in [-0.2, -0.15) is 0 Å². The molecule has 0 bridgehead atoms. The maximum absolute atomic E-state index is 13.8. The lowest BCUT2D eigenvalue weighted by molar-refractivity contribution is -0.195. The summed E-state index contributed by atoms with van der Waals surface area (Å²) in [4.78, 5) is 87.5. The molecule has 1 aliphatic rings. The second-order valence-corrected chi connectivity index (χ2v) is 16.1. The minimum atomic E-state index is -5.60. The highest BCUT2D eigenvalue weighted by Crippen LogP contribution is 2.55. The molecule has 0 spiro atoms. The number of nitrogens with one attached hydrogen (secondary N) is 2. The number of Topliss-reactive ketones (excluding diaryl/α,β-unsaturated/α-hetero) is 1. The summed E-state index contributed by atoms with van der Waals surface area (Å²) in [7, 11) is -11.8. The number of amides is 2. The monoisotopic (exact) mass is 740 g/mol. The van der Waals surface area contributed by atoms with Crippen LogP contribution in [0.4, 0.5) is 4.79 Å². The number of carbonyl (C=O) groups excluding carboxylic acids is 3. The number of hydrogen-bond acceptors (Lipinski definition) is 12. The van der Waals surface area contributed by atoms with Crippen LogP contribution in [-0.4, -0.2) is 105 Å². The van der Waals surface area contributed by atoms with Gasteiger partial charge in [-0.15, -0.1) is 0 Å². The van der Waals surface area contributed by atoms with Gasteiger partial charge in [0.1, 0.15) is 12.3 Å². The molecule has 1 aromatic carbocycles. The van der Waals surface area contributed by atoms with E-state index >= 15 is 0 Å². The SMILES string of the molecule is CC(C)C[C@@H](NC(=O)[C@H](CC(=O)c1cnccn1)Cc1ccccc1)B1OCCCN(CCOC(=O)NC(P(=O)([O-])O)P(=O)(O)O)CCCO1. The summed E-state index contributed by atoms with van der Waals surface area (Å²) in [6.07, 6.45) is 4.79. The van der Waals surface area contributed by atoms with Crippen LogP contribution in [0.3, 0.4) is 0 Å². The molecule has 276 valence electrons. The van der Waals surface area contributed by atoms with Gasteiger partial charge in [0.15, 0.2) is 18.9 Å². The van der Waals surface area contributed by atoms with E-state index in [9.17, 15) is 28.4 Å². The van der Waals surface area contributed by atoms with Gasteiger partial charge in [-0.25, -0.2) is 9.78 Å².